The van der Waals surface area contributed by atoms with Crippen molar-refractivity contribution in [3.05, 3.63) is 18.2 Å². The zero-order valence-corrected chi connectivity index (χ0v) is 18.1. The zero-order valence-electron chi connectivity index (χ0n) is 16.5. The topological polar surface area (TPSA) is 86.8 Å². The van der Waals surface area contributed by atoms with Crippen molar-refractivity contribution in [2.75, 3.05) is 26.0 Å². The second-order valence-electron chi connectivity index (χ2n) is 7.53. The third kappa shape index (κ3) is 4.36. The van der Waals surface area contributed by atoms with Crippen molar-refractivity contribution < 1.29 is 18.0 Å². The standard InChI is InChI=1S/C19H27N3O4S2/c1-21(2)28(25,26)14-9-10-16-15(11-14)22(3)19(24)17(27-16)12-18(23)20-13-7-5-4-6-8-13/h9-11,13,17H,4-8,12H2,1-3H3,(H,20,23). The van der Waals surface area contributed by atoms with Crippen LogP contribution in [0.15, 0.2) is 28.0 Å². The van der Waals surface area contributed by atoms with Crippen LogP contribution in [0, 0.1) is 0 Å². The van der Waals surface area contributed by atoms with Gasteiger partial charge in [0.1, 0.15) is 0 Å². The molecule has 1 atom stereocenters. The first-order valence-electron chi connectivity index (χ1n) is 9.50. The molecule has 0 saturated heterocycles. The van der Waals surface area contributed by atoms with Crippen molar-refractivity contribution in [1.82, 2.24) is 9.62 Å². The van der Waals surface area contributed by atoms with Gasteiger partial charge in [0.25, 0.3) is 0 Å². The van der Waals surface area contributed by atoms with Gasteiger partial charge in [-0.05, 0) is 31.0 Å². The number of anilines is 1. The van der Waals surface area contributed by atoms with E-state index < -0.39 is 15.3 Å². The van der Waals surface area contributed by atoms with Crippen molar-refractivity contribution >= 4 is 39.3 Å². The molecular weight excluding hydrogens is 398 g/mol. The number of hydrogen-bond acceptors (Lipinski definition) is 5. The maximum Gasteiger partial charge on any atom is 0.242 e. The number of amides is 2. The number of benzene rings is 1. The Morgan fingerprint density at radius 1 is 1.25 bits per heavy atom. The minimum atomic E-state index is -3.58. The highest BCUT2D eigenvalue weighted by Crippen LogP contribution is 2.41. The quantitative estimate of drug-likeness (QED) is 0.782. The molecule has 1 aliphatic heterocycles. The van der Waals surface area contributed by atoms with E-state index in [0.29, 0.717) is 5.69 Å². The van der Waals surface area contributed by atoms with Gasteiger partial charge in [-0.15, -0.1) is 11.8 Å². The molecule has 1 aromatic rings. The molecule has 1 aromatic carbocycles. The Labute approximate surface area is 170 Å². The first kappa shape index (κ1) is 21.1. The summed E-state index contributed by atoms with van der Waals surface area (Å²) in [6.45, 7) is 0. The van der Waals surface area contributed by atoms with Gasteiger partial charge in [0.15, 0.2) is 0 Å². The summed E-state index contributed by atoms with van der Waals surface area (Å²) in [6, 6.07) is 5.00. The van der Waals surface area contributed by atoms with E-state index in [9.17, 15) is 18.0 Å². The molecule has 28 heavy (non-hydrogen) atoms. The Balaban J connectivity index is 1.74. The summed E-state index contributed by atoms with van der Waals surface area (Å²) in [7, 11) is 0.989. The van der Waals surface area contributed by atoms with E-state index in [1.54, 1.807) is 19.2 Å². The summed E-state index contributed by atoms with van der Waals surface area (Å²) >= 11 is 1.33. The molecule has 1 unspecified atom stereocenters. The monoisotopic (exact) mass is 425 g/mol. The van der Waals surface area contributed by atoms with Gasteiger partial charge < -0.3 is 10.2 Å². The van der Waals surface area contributed by atoms with E-state index >= 15 is 0 Å². The summed E-state index contributed by atoms with van der Waals surface area (Å²) < 4.78 is 25.9. The first-order chi connectivity index (χ1) is 13.2. The molecule has 2 amide bonds. The Morgan fingerprint density at radius 3 is 2.57 bits per heavy atom. The number of rotatable bonds is 5. The molecule has 7 nitrogen and oxygen atoms in total. The van der Waals surface area contributed by atoms with Crippen LogP contribution in [0.5, 0.6) is 0 Å². The fourth-order valence-electron chi connectivity index (χ4n) is 3.60. The molecule has 0 bridgehead atoms. The van der Waals surface area contributed by atoms with Crippen LogP contribution in [-0.2, 0) is 19.6 Å². The highest BCUT2D eigenvalue weighted by atomic mass is 32.2. The van der Waals surface area contributed by atoms with Gasteiger partial charge in [-0.2, -0.15) is 0 Å². The van der Waals surface area contributed by atoms with Crippen molar-refractivity contribution in [2.24, 2.45) is 0 Å². The molecule has 1 N–H and O–H groups in total. The largest absolute Gasteiger partial charge is 0.353 e. The van der Waals surface area contributed by atoms with Gasteiger partial charge in [0.2, 0.25) is 21.8 Å². The SMILES string of the molecule is CN1C(=O)C(CC(=O)NC2CCCCC2)Sc2ccc(S(=O)(=O)N(C)C)cc21. The van der Waals surface area contributed by atoms with Crippen molar-refractivity contribution in [1.29, 1.82) is 0 Å². The van der Waals surface area contributed by atoms with Gasteiger partial charge in [0, 0.05) is 38.5 Å². The summed E-state index contributed by atoms with van der Waals surface area (Å²) in [5, 5.41) is 2.56. The fraction of sp³-hybridized carbons (Fsp3) is 0.579. The van der Waals surface area contributed by atoms with Crippen LogP contribution in [0.4, 0.5) is 5.69 Å². The van der Waals surface area contributed by atoms with E-state index in [2.05, 4.69) is 5.32 Å². The Hall–Kier alpha value is -1.58. The lowest BCUT2D eigenvalue weighted by molar-refractivity contribution is -0.125. The van der Waals surface area contributed by atoms with Crippen LogP contribution in [0.3, 0.4) is 0 Å². The minimum absolute atomic E-state index is 0.0959. The molecule has 0 aromatic heterocycles. The van der Waals surface area contributed by atoms with E-state index in [4.69, 9.17) is 0 Å². The number of nitrogens with one attached hydrogen (secondary N) is 1. The lowest BCUT2D eigenvalue weighted by atomic mass is 9.95. The van der Waals surface area contributed by atoms with Crippen molar-refractivity contribution in [2.45, 2.75) is 59.6 Å². The van der Waals surface area contributed by atoms with Crippen LogP contribution >= 0.6 is 11.8 Å². The van der Waals surface area contributed by atoms with Crippen molar-refractivity contribution in [3.63, 3.8) is 0 Å². The maximum atomic E-state index is 12.8. The average Bonchev–Trinajstić information content (AvgIpc) is 2.66. The number of nitrogens with zero attached hydrogens (tertiary/aromatic N) is 2. The number of carbonyl (C=O) groups is 2. The molecule has 154 valence electrons. The first-order valence-corrected chi connectivity index (χ1v) is 11.8. The van der Waals surface area contributed by atoms with Crippen molar-refractivity contribution in [3.8, 4) is 0 Å². The lowest BCUT2D eigenvalue weighted by Gasteiger charge is -2.31. The summed E-state index contributed by atoms with van der Waals surface area (Å²) in [6.07, 6.45) is 5.62. The second kappa shape index (κ2) is 8.42. The highest BCUT2D eigenvalue weighted by Gasteiger charge is 2.34. The Kier molecular flexibility index (Phi) is 6.36. The van der Waals surface area contributed by atoms with E-state index in [0.717, 1.165) is 34.9 Å². The van der Waals surface area contributed by atoms with E-state index in [-0.39, 0.29) is 29.2 Å². The smallest absolute Gasteiger partial charge is 0.242 e. The van der Waals surface area contributed by atoms with Gasteiger partial charge in [0.05, 0.1) is 15.8 Å². The molecule has 0 radical (unpaired) electrons. The third-order valence-electron chi connectivity index (χ3n) is 5.29. The van der Waals surface area contributed by atoms with Gasteiger partial charge in [-0.1, -0.05) is 19.3 Å². The van der Waals surface area contributed by atoms with Gasteiger partial charge >= 0.3 is 0 Å². The maximum absolute atomic E-state index is 12.8. The van der Waals surface area contributed by atoms with Gasteiger partial charge in [-0.3, -0.25) is 9.59 Å². The molecule has 9 heteroatoms. The average molecular weight is 426 g/mol. The predicted molar refractivity (Wildman–Crippen MR) is 110 cm³/mol. The normalized spacial score (nSPS) is 20.9. The highest BCUT2D eigenvalue weighted by molar-refractivity contribution is 8.01. The fourth-order valence-corrected chi connectivity index (χ4v) is 5.79. The minimum Gasteiger partial charge on any atom is -0.353 e. The van der Waals surface area contributed by atoms with Crippen LogP contribution < -0.4 is 10.2 Å². The predicted octanol–water partition coefficient (Wildman–Crippen LogP) is 2.21. The van der Waals surface area contributed by atoms with E-state index in [1.165, 1.54) is 43.2 Å². The Bertz CT molecular complexity index is 864. The number of fused-ring (bicyclic) bond motifs is 1. The molecule has 2 aliphatic rings. The lowest BCUT2D eigenvalue weighted by Crippen LogP contribution is -2.43. The molecule has 1 saturated carbocycles. The molecule has 1 aliphatic carbocycles. The molecular formula is C19H27N3O4S2. The van der Waals surface area contributed by atoms with E-state index in [1.807, 2.05) is 0 Å². The second-order valence-corrected chi connectivity index (χ2v) is 10.9. The van der Waals surface area contributed by atoms with Crippen LogP contribution in [0.2, 0.25) is 0 Å². The molecule has 1 fully saturated rings. The summed E-state index contributed by atoms with van der Waals surface area (Å²) in [5.74, 6) is -0.280. The molecule has 3 rings (SSSR count). The van der Waals surface area contributed by atoms with Crippen LogP contribution in [0.1, 0.15) is 38.5 Å². The number of sulfonamides is 1. The molecule has 0 spiro atoms. The number of thioether (sulfide) groups is 1. The molecule has 1 heterocycles. The number of carbonyl (C=O) groups excluding carboxylic acids is 2. The Morgan fingerprint density at radius 2 is 1.93 bits per heavy atom. The third-order valence-corrected chi connectivity index (χ3v) is 8.35. The van der Waals surface area contributed by atoms with Crippen LogP contribution in [-0.4, -0.2) is 57.0 Å². The summed E-state index contributed by atoms with van der Waals surface area (Å²) in [5.41, 5.74) is 0.557. The van der Waals surface area contributed by atoms with Crippen LogP contribution in [0.25, 0.3) is 0 Å². The number of hydrogen-bond donors (Lipinski definition) is 1. The zero-order chi connectivity index (χ0) is 20.5. The summed E-state index contributed by atoms with van der Waals surface area (Å²) in [4.78, 5) is 27.6. The van der Waals surface area contributed by atoms with Gasteiger partial charge in [-0.25, -0.2) is 12.7 Å².